The summed E-state index contributed by atoms with van der Waals surface area (Å²) in [6, 6.07) is 0. The smallest absolute Gasteiger partial charge is 0.0704 e. The minimum absolute atomic E-state index is 0.106. The van der Waals surface area contributed by atoms with E-state index < -0.39 is 0 Å². The van der Waals surface area contributed by atoms with Gasteiger partial charge in [-0.3, -0.25) is 0 Å². The van der Waals surface area contributed by atoms with Crippen LogP contribution in [-0.4, -0.2) is 49.7 Å². The van der Waals surface area contributed by atoms with Gasteiger partial charge in [-0.2, -0.15) is 0 Å². The molecule has 0 aromatic rings. The largest absolute Gasteiger partial charge is 0.394 e. The maximum Gasteiger partial charge on any atom is 0.0704 e. The van der Waals surface area contributed by atoms with Gasteiger partial charge < -0.3 is 19.9 Å². The first-order valence-electron chi connectivity index (χ1n) is 7.31. The zero-order valence-corrected chi connectivity index (χ0v) is 11.9. The highest BCUT2D eigenvalue weighted by Crippen LogP contribution is 2.31. The van der Waals surface area contributed by atoms with Crippen LogP contribution in [0.1, 0.15) is 46.0 Å². The third-order valence-corrected chi connectivity index (χ3v) is 3.55. The highest BCUT2D eigenvalue weighted by Gasteiger charge is 2.38. The molecule has 0 aliphatic heterocycles. The Morgan fingerprint density at radius 1 is 1.22 bits per heavy atom. The van der Waals surface area contributed by atoms with E-state index in [9.17, 15) is 5.11 Å². The monoisotopic (exact) mass is 259 g/mol. The van der Waals surface area contributed by atoms with Crippen LogP contribution < -0.4 is 5.32 Å². The standard InChI is InChI=1S/C14H29NO3/c1-3-7-15-14(12-16)6-5-13(11-14)18-10-9-17-8-4-2/h13,15-16H,3-12H2,1-2H3. The molecule has 1 rings (SSSR count). The van der Waals surface area contributed by atoms with Gasteiger partial charge in [0.25, 0.3) is 0 Å². The summed E-state index contributed by atoms with van der Waals surface area (Å²) in [5.74, 6) is 0. The average molecular weight is 259 g/mol. The van der Waals surface area contributed by atoms with Gasteiger partial charge in [0.15, 0.2) is 0 Å². The molecule has 0 spiro atoms. The van der Waals surface area contributed by atoms with Gasteiger partial charge >= 0.3 is 0 Å². The van der Waals surface area contributed by atoms with E-state index in [4.69, 9.17) is 9.47 Å². The first kappa shape index (κ1) is 15.9. The molecule has 1 saturated carbocycles. The summed E-state index contributed by atoms with van der Waals surface area (Å²) in [7, 11) is 0. The van der Waals surface area contributed by atoms with Crippen molar-refractivity contribution in [2.45, 2.75) is 57.6 Å². The van der Waals surface area contributed by atoms with Crippen molar-refractivity contribution in [1.82, 2.24) is 5.32 Å². The number of nitrogens with one attached hydrogen (secondary N) is 1. The van der Waals surface area contributed by atoms with Crippen molar-refractivity contribution >= 4 is 0 Å². The molecule has 0 radical (unpaired) electrons. The van der Waals surface area contributed by atoms with Crippen LogP contribution in [0.25, 0.3) is 0 Å². The fourth-order valence-corrected chi connectivity index (χ4v) is 2.49. The van der Waals surface area contributed by atoms with E-state index in [0.717, 1.165) is 45.3 Å². The molecule has 1 aliphatic rings. The van der Waals surface area contributed by atoms with Crippen LogP contribution in [0.4, 0.5) is 0 Å². The molecule has 18 heavy (non-hydrogen) atoms. The van der Waals surface area contributed by atoms with Gasteiger partial charge in [0.2, 0.25) is 0 Å². The van der Waals surface area contributed by atoms with Crippen LogP contribution >= 0.6 is 0 Å². The zero-order chi connectivity index (χ0) is 13.3. The van der Waals surface area contributed by atoms with E-state index in [1.54, 1.807) is 0 Å². The van der Waals surface area contributed by atoms with Crippen molar-refractivity contribution < 1.29 is 14.6 Å². The predicted octanol–water partition coefficient (Wildman–Crippen LogP) is 1.71. The van der Waals surface area contributed by atoms with Gasteiger partial charge in [-0.1, -0.05) is 13.8 Å². The van der Waals surface area contributed by atoms with Gasteiger partial charge in [0.1, 0.15) is 0 Å². The second kappa shape index (κ2) is 8.86. The van der Waals surface area contributed by atoms with Gasteiger partial charge in [-0.25, -0.2) is 0 Å². The van der Waals surface area contributed by atoms with E-state index in [2.05, 4.69) is 19.2 Å². The van der Waals surface area contributed by atoms with Crippen LogP contribution in [0.5, 0.6) is 0 Å². The maximum absolute atomic E-state index is 9.56. The molecule has 0 heterocycles. The normalized spacial score (nSPS) is 27.8. The van der Waals surface area contributed by atoms with Gasteiger partial charge in [-0.05, 0) is 38.6 Å². The number of aliphatic hydroxyl groups is 1. The molecule has 0 aromatic heterocycles. The quantitative estimate of drug-likeness (QED) is 0.587. The summed E-state index contributed by atoms with van der Waals surface area (Å²) in [6.07, 6.45) is 5.37. The Balaban J connectivity index is 2.18. The lowest BCUT2D eigenvalue weighted by atomic mass is 9.98. The van der Waals surface area contributed by atoms with E-state index in [1.165, 1.54) is 0 Å². The molecule has 0 amide bonds. The molecule has 2 N–H and O–H groups in total. The fraction of sp³-hybridized carbons (Fsp3) is 1.00. The topological polar surface area (TPSA) is 50.7 Å². The number of ether oxygens (including phenoxy) is 2. The van der Waals surface area contributed by atoms with Crippen LogP contribution in [0, 0.1) is 0 Å². The van der Waals surface area contributed by atoms with Crippen molar-refractivity contribution in [1.29, 1.82) is 0 Å². The summed E-state index contributed by atoms with van der Waals surface area (Å²) in [5, 5.41) is 13.0. The van der Waals surface area contributed by atoms with E-state index in [1.807, 2.05) is 0 Å². The fourth-order valence-electron chi connectivity index (χ4n) is 2.49. The van der Waals surface area contributed by atoms with Crippen LogP contribution in [0.2, 0.25) is 0 Å². The number of hydrogen-bond donors (Lipinski definition) is 2. The van der Waals surface area contributed by atoms with Crippen LogP contribution in [-0.2, 0) is 9.47 Å². The molecule has 108 valence electrons. The maximum atomic E-state index is 9.56. The summed E-state index contributed by atoms with van der Waals surface area (Å²) in [6.45, 7) is 7.58. The molecule has 1 aliphatic carbocycles. The Hall–Kier alpha value is -0.160. The molecule has 0 saturated heterocycles. The number of rotatable bonds is 10. The third-order valence-electron chi connectivity index (χ3n) is 3.55. The van der Waals surface area contributed by atoms with Gasteiger partial charge in [-0.15, -0.1) is 0 Å². The molecule has 0 bridgehead atoms. The molecule has 1 fully saturated rings. The Kier molecular flexibility index (Phi) is 7.82. The third kappa shape index (κ3) is 5.22. The Morgan fingerprint density at radius 3 is 2.72 bits per heavy atom. The Labute approximate surface area is 111 Å². The Morgan fingerprint density at radius 2 is 2.06 bits per heavy atom. The zero-order valence-electron chi connectivity index (χ0n) is 11.9. The molecular weight excluding hydrogens is 230 g/mol. The molecule has 2 unspecified atom stereocenters. The summed E-state index contributed by atoms with van der Waals surface area (Å²) in [5.41, 5.74) is -0.106. The molecule has 2 atom stereocenters. The van der Waals surface area contributed by atoms with E-state index in [-0.39, 0.29) is 18.2 Å². The summed E-state index contributed by atoms with van der Waals surface area (Å²) >= 11 is 0. The second-order valence-corrected chi connectivity index (χ2v) is 5.21. The lowest BCUT2D eigenvalue weighted by Crippen LogP contribution is -2.47. The van der Waals surface area contributed by atoms with Crippen LogP contribution in [0.15, 0.2) is 0 Å². The molecule has 4 heteroatoms. The highest BCUT2D eigenvalue weighted by molar-refractivity contribution is 4.96. The van der Waals surface area contributed by atoms with Crippen molar-refractivity contribution in [2.75, 3.05) is 33.0 Å². The first-order chi connectivity index (χ1) is 8.76. The average Bonchev–Trinajstić information content (AvgIpc) is 2.80. The first-order valence-corrected chi connectivity index (χ1v) is 7.31. The molecule has 4 nitrogen and oxygen atoms in total. The summed E-state index contributed by atoms with van der Waals surface area (Å²) < 4.78 is 11.2. The van der Waals surface area contributed by atoms with Crippen molar-refractivity contribution in [2.24, 2.45) is 0 Å². The van der Waals surface area contributed by atoms with E-state index in [0.29, 0.717) is 13.2 Å². The lowest BCUT2D eigenvalue weighted by molar-refractivity contribution is 0.00281. The lowest BCUT2D eigenvalue weighted by Gasteiger charge is -2.28. The number of hydrogen-bond acceptors (Lipinski definition) is 4. The van der Waals surface area contributed by atoms with Crippen molar-refractivity contribution in [3.8, 4) is 0 Å². The van der Waals surface area contributed by atoms with Crippen molar-refractivity contribution in [3.05, 3.63) is 0 Å². The predicted molar refractivity (Wildman–Crippen MR) is 72.8 cm³/mol. The van der Waals surface area contributed by atoms with Gasteiger partial charge in [0.05, 0.1) is 25.9 Å². The minimum atomic E-state index is -0.106. The highest BCUT2D eigenvalue weighted by atomic mass is 16.5. The SMILES string of the molecule is CCCNC1(CO)CCC(OCCOCCC)C1. The molecule has 0 aromatic carbocycles. The van der Waals surface area contributed by atoms with E-state index >= 15 is 0 Å². The van der Waals surface area contributed by atoms with Crippen LogP contribution in [0.3, 0.4) is 0 Å². The van der Waals surface area contributed by atoms with Crippen molar-refractivity contribution in [3.63, 3.8) is 0 Å². The Bertz CT molecular complexity index is 213. The second-order valence-electron chi connectivity index (χ2n) is 5.21. The number of aliphatic hydroxyl groups excluding tert-OH is 1. The molecular formula is C14H29NO3. The summed E-state index contributed by atoms with van der Waals surface area (Å²) in [4.78, 5) is 0. The minimum Gasteiger partial charge on any atom is -0.394 e. The van der Waals surface area contributed by atoms with Gasteiger partial charge in [0, 0.05) is 12.1 Å².